The number of aromatic nitrogens is 2. The van der Waals surface area contributed by atoms with Gasteiger partial charge in [-0.1, -0.05) is 0 Å². The Morgan fingerprint density at radius 3 is 2.47 bits per heavy atom. The summed E-state index contributed by atoms with van der Waals surface area (Å²) in [6, 6.07) is 8.45. The number of anilines is 1. The van der Waals surface area contributed by atoms with E-state index >= 15 is 0 Å². The number of nitrogen functional groups attached to an aromatic ring is 1. The Kier molecular flexibility index (Phi) is 2.82. The van der Waals surface area contributed by atoms with E-state index in [1.807, 2.05) is 0 Å². The van der Waals surface area contributed by atoms with Crippen molar-refractivity contribution in [1.29, 1.82) is 0 Å². The van der Waals surface area contributed by atoms with Crippen molar-refractivity contribution in [3.63, 3.8) is 0 Å². The highest BCUT2D eigenvalue weighted by Gasteiger charge is 2.12. The predicted octanol–water partition coefficient (Wildman–Crippen LogP) is 1.47. The maximum atomic E-state index is 12.1. The lowest BCUT2D eigenvalue weighted by molar-refractivity contribution is 0.0947. The fourth-order valence-electron chi connectivity index (χ4n) is 1.54. The van der Waals surface area contributed by atoms with Crippen LogP contribution in [0.2, 0.25) is 0 Å². The number of nitrogens with two attached hydrogens (primary N) is 1. The molecule has 0 fully saturated rings. The zero-order chi connectivity index (χ0) is 12.4. The van der Waals surface area contributed by atoms with E-state index in [1.54, 1.807) is 44.4 Å². The van der Waals surface area contributed by atoms with Crippen LogP contribution in [0.1, 0.15) is 16.1 Å². The minimum Gasteiger partial charge on any atom is -0.497 e. The molecule has 17 heavy (non-hydrogen) atoms. The summed E-state index contributed by atoms with van der Waals surface area (Å²) < 4.78 is 6.22. The van der Waals surface area contributed by atoms with Crippen molar-refractivity contribution in [3.8, 4) is 5.75 Å². The summed E-state index contributed by atoms with van der Waals surface area (Å²) in [5.41, 5.74) is 6.92. The topological polar surface area (TPSA) is 70.1 Å². The van der Waals surface area contributed by atoms with Crippen LogP contribution in [0.25, 0.3) is 0 Å². The number of benzene rings is 1. The molecule has 5 heteroatoms. The molecule has 0 aliphatic rings. The zero-order valence-corrected chi connectivity index (χ0v) is 9.68. The Morgan fingerprint density at radius 1 is 1.35 bits per heavy atom. The summed E-state index contributed by atoms with van der Waals surface area (Å²) in [4.78, 5) is 12.1. The summed E-state index contributed by atoms with van der Waals surface area (Å²) in [5.74, 6) is 0.785. The van der Waals surface area contributed by atoms with Crippen LogP contribution in [-0.2, 0) is 0 Å². The largest absolute Gasteiger partial charge is 0.497 e. The monoisotopic (exact) mass is 231 g/mol. The van der Waals surface area contributed by atoms with Crippen LogP contribution < -0.4 is 10.5 Å². The molecule has 0 amide bonds. The van der Waals surface area contributed by atoms with E-state index in [1.165, 1.54) is 4.68 Å². The average Bonchev–Trinajstić information content (AvgIpc) is 2.68. The van der Waals surface area contributed by atoms with Gasteiger partial charge in [0.25, 0.3) is 5.91 Å². The standard InChI is InChI=1S/C12H13N3O2/c1-8-7-11(13)15(14-8)12(16)9-3-5-10(17-2)6-4-9/h3-7H,13H2,1-2H3. The van der Waals surface area contributed by atoms with Gasteiger partial charge in [0.15, 0.2) is 0 Å². The van der Waals surface area contributed by atoms with Crippen molar-refractivity contribution in [3.05, 3.63) is 41.6 Å². The minimum absolute atomic E-state index is 0.252. The van der Waals surface area contributed by atoms with E-state index in [-0.39, 0.29) is 5.91 Å². The molecular weight excluding hydrogens is 218 g/mol. The van der Waals surface area contributed by atoms with Gasteiger partial charge in [-0.3, -0.25) is 4.79 Å². The first kappa shape index (κ1) is 11.2. The van der Waals surface area contributed by atoms with Crippen molar-refractivity contribution in [2.45, 2.75) is 6.92 Å². The number of hydrogen-bond acceptors (Lipinski definition) is 4. The van der Waals surface area contributed by atoms with Crippen LogP contribution in [0.15, 0.2) is 30.3 Å². The lowest BCUT2D eigenvalue weighted by atomic mass is 10.2. The Labute approximate surface area is 98.8 Å². The molecule has 0 spiro atoms. The molecule has 1 aromatic carbocycles. The highest BCUT2D eigenvalue weighted by atomic mass is 16.5. The number of nitrogens with zero attached hydrogens (tertiary/aromatic N) is 2. The van der Waals surface area contributed by atoms with Crippen LogP contribution in [-0.4, -0.2) is 22.8 Å². The maximum absolute atomic E-state index is 12.1. The summed E-state index contributed by atoms with van der Waals surface area (Å²) in [7, 11) is 1.58. The molecule has 2 N–H and O–H groups in total. The van der Waals surface area contributed by atoms with Crippen molar-refractivity contribution in [2.75, 3.05) is 12.8 Å². The summed E-state index contributed by atoms with van der Waals surface area (Å²) >= 11 is 0. The lowest BCUT2D eigenvalue weighted by Gasteiger charge is -2.04. The van der Waals surface area contributed by atoms with Crippen molar-refractivity contribution >= 4 is 11.7 Å². The Morgan fingerprint density at radius 2 is 2.00 bits per heavy atom. The summed E-state index contributed by atoms with van der Waals surface area (Å²) in [6.45, 7) is 1.79. The summed E-state index contributed by atoms with van der Waals surface area (Å²) in [5, 5.41) is 4.04. The third kappa shape index (κ3) is 2.13. The second-order valence-electron chi connectivity index (χ2n) is 3.66. The van der Waals surface area contributed by atoms with Gasteiger partial charge in [-0.2, -0.15) is 9.78 Å². The molecule has 0 saturated carbocycles. The first-order valence-electron chi connectivity index (χ1n) is 5.12. The third-order valence-corrected chi connectivity index (χ3v) is 2.39. The van der Waals surface area contributed by atoms with E-state index in [9.17, 15) is 4.79 Å². The number of hydrogen-bond donors (Lipinski definition) is 1. The van der Waals surface area contributed by atoms with Crippen LogP contribution in [0, 0.1) is 6.92 Å². The molecule has 0 bridgehead atoms. The molecular formula is C12H13N3O2. The Bertz CT molecular complexity index is 543. The maximum Gasteiger partial charge on any atom is 0.280 e. The second-order valence-corrected chi connectivity index (χ2v) is 3.66. The Hall–Kier alpha value is -2.30. The van der Waals surface area contributed by atoms with Crippen LogP contribution >= 0.6 is 0 Å². The number of ether oxygens (including phenoxy) is 1. The fraction of sp³-hybridized carbons (Fsp3) is 0.167. The molecule has 0 atom stereocenters. The highest BCUT2D eigenvalue weighted by Crippen LogP contribution is 2.14. The fourth-order valence-corrected chi connectivity index (χ4v) is 1.54. The van der Waals surface area contributed by atoms with Crippen molar-refractivity contribution in [2.24, 2.45) is 0 Å². The molecule has 2 rings (SSSR count). The van der Waals surface area contributed by atoms with E-state index < -0.39 is 0 Å². The highest BCUT2D eigenvalue weighted by molar-refractivity contribution is 5.97. The number of aryl methyl sites for hydroxylation is 1. The van der Waals surface area contributed by atoms with Gasteiger partial charge in [0.05, 0.1) is 12.8 Å². The first-order valence-corrected chi connectivity index (χ1v) is 5.12. The molecule has 0 unspecified atom stereocenters. The minimum atomic E-state index is -0.252. The van der Waals surface area contributed by atoms with Gasteiger partial charge >= 0.3 is 0 Å². The van der Waals surface area contributed by atoms with E-state index in [2.05, 4.69) is 5.10 Å². The van der Waals surface area contributed by atoms with Gasteiger partial charge in [0, 0.05) is 11.6 Å². The van der Waals surface area contributed by atoms with Crippen LogP contribution in [0.5, 0.6) is 5.75 Å². The van der Waals surface area contributed by atoms with Crippen LogP contribution in [0.3, 0.4) is 0 Å². The molecule has 0 saturated heterocycles. The van der Waals surface area contributed by atoms with Gasteiger partial charge in [0.2, 0.25) is 0 Å². The van der Waals surface area contributed by atoms with Crippen molar-refractivity contribution < 1.29 is 9.53 Å². The molecule has 88 valence electrons. The van der Waals surface area contributed by atoms with E-state index in [0.29, 0.717) is 22.8 Å². The zero-order valence-electron chi connectivity index (χ0n) is 9.68. The molecule has 1 heterocycles. The molecule has 0 radical (unpaired) electrons. The normalized spacial score (nSPS) is 10.2. The first-order chi connectivity index (χ1) is 8.11. The smallest absolute Gasteiger partial charge is 0.280 e. The number of methoxy groups -OCH3 is 1. The molecule has 0 aliphatic heterocycles. The molecule has 5 nitrogen and oxygen atoms in total. The van der Waals surface area contributed by atoms with Gasteiger partial charge in [0.1, 0.15) is 11.6 Å². The SMILES string of the molecule is COc1ccc(C(=O)n2nc(C)cc2N)cc1. The molecule has 2 aromatic rings. The second kappa shape index (κ2) is 4.29. The van der Waals surface area contributed by atoms with Gasteiger partial charge in [-0.25, -0.2) is 0 Å². The number of carbonyl (C=O) groups is 1. The number of carbonyl (C=O) groups excluding carboxylic acids is 1. The van der Waals surface area contributed by atoms with Crippen molar-refractivity contribution in [1.82, 2.24) is 9.78 Å². The van der Waals surface area contributed by atoms with Gasteiger partial charge < -0.3 is 10.5 Å². The van der Waals surface area contributed by atoms with E-state index in [0.717, 1.165) is 0 Å². The lowest BCUT2D eigenvalue weighted by Crippen LogP contribution is -2.16. The summed E-state index contributed by atoms with van der Waals surface area (Å²) in [6.07, 6.45) is 0. The molecule has 0 aliphatic carbocycles. The van der Waals surface area contributed by atoms with Crippen LogP contribution in [0.4, 0.5) is 5.82 Å². The predicted molar refractivity (Wildman–Crippen MR) is 64.1 cm³/mol. The quantitative estimate of drug-likeness (QED) is 0.849. The van der Waals surface area contributed by atoms with E-state index in [4.69, 9.17) is 10.5 Å². The molecule has 1 aromatic heterocycles. The third-order valence-electron chi connectivity index (χ3n) is 2.39. The Balaban J connectivity index is 2.33. The number of rotatable bonds is 2. The average molecular weight is 231 g/mol. The van der Waals surface area contributed by atoms with Gasteiger partial charge in [-0.05, 0) is 31.2 Å². The van der Waals surface area contributed by atoms with Gasteiger partial charge in [-0.15, -0.1) is 0 Å².